The molecular formula is C27H29ClN8O2. The predicted octanol–water partition coefficient (Wildman–Crippen LogP) is 5.02. The van der Waals surface area contributed by atoms with E-state index in [1.165, 1.54) is 19.0 Å². The van der Waals surface area contributed by atoms with Gasteiger partial charge in [0.15, 0.2) is 0 Å². The van der Waals surface area contributed by atoms with Crippen LogP contribution in [-0.4, -0.2) is 56.0 Å². The number of amides is 3. The molecule has 0 radical (unpaired) electrons. The molecule has 11 heteroatoms. The lowest BCUT2D eigenvalue weighted by Crippen LogP contribution is -2.24. The van der Waals surface area contributed by atoms with Crippen LogP contribution in [0.15, 0.2) is 67.1 Å². The lowest BCUT2D eigenvalue weighted by Gasteiger charge is -2.15. The molecule has 0 atom stereocenters. The number of nitrogens with zero attached hydrogens (tertiary/aromatic N) is 5. The molecule has 196 valence electrons. The summed E-state index contributed by atoms with van der Waals surface area (Å²) in [7, 11) is 0. The van der Waals surface area contributed by atoms with Crippen molar-refractivity contribution in [1.82, 2.24) is 24.5 Å². The van der Waals surface area contributed by atoms with E-state index in [4.69, 9.17) is 11.6 Å². The van der Waals surface area contributed by atoms with Crippen LogP contribution in [0.4, 0.5) is 21.9 Å². The number of urea groups is 1. The highest BCUT2D eigenvalue weighted by molar-refractivity contribution is 6.33. The Bertz CT molecular complexity index is 1440. The molecule has 0 saturated carbocycles. The number of halogens is 1. The second-order valence-electron chi connectivity index (χ2n) is 9.15. The Morgan fingerprint density at radius 3 is 2.55 bits per heavy atom. The van der Waals surface area contributed by atoms with Crippen molar-refractivity contribution in [1.29, 1.82) is 0 Å². The largest absolute Gasteiger partial charge is 0.323 e. The van der Waals surface area contributed by atoms with E-state index in [2.05, 4.69) is 31.0 Å². The van der Waals surface area contributed by atoms with Gasteiger partial charge in [-0.15, -0.1) is 0 Å². The molecule has 1 aliphatic rings. The van der Waals surface area contributed by atoms with Crippen molar-refractivity contribution < 1.29 is 9.59 Å². The van der Waals surface area contributed by atoms with Gasteiger partial charge >= 0.3 is 6.03 Å². The average Bonchev–Trinajstić information content (AvgIpc) is 3.67. The van der Waals surface area contributed by atoms with Crippen molar-refractivity contribution in [2.24, 2.45) is 0 Å². The van der Waals surface area contributed by atoms with Crippen LogP contribution in [0.25, 0.3) is 5.69 Å². The summed E-state index contributed by atoms with van der Waals surface area (Å²) in [5.74, 6) is -0.237. The SMILES string of the molecule is Cc1c(NC(=O)c2cccc(-n3cc(NC(=O)Nc4ccccc4Cl)cn3)c2)cnn1CCN1CCCC1. The second-order valence-corrected chi connectivity index (χ2v) is 9.56. The molecule has 1 aliphatic heterocycles. The third-order valence-electron chi connectivity index (χ3n) is 6.51. The Morgan fingerprint density at radius 1 is 0.921 bits per heavy atom. The molecule has 0 unspecified atom stereocenters. The highest BCUT2D eigenvalue weighted by Crippen LogP contribution is 2.21. The molecule has 3 N–H and O–H groups in total. The second kappa shape index (κ2) is 11.5. The number of benzene rings is 2. The molecule has 4 aromatic rings. The fourth-order valence-corrected chi connectivity index (χ4v) is 4.58. The summed E-state index contributed by atoms with van der Waals surface area (Å²) in [6, 6.07) is 13.6. The van der Waals surface area contributed by atoms with Gasteiger partial charge in [0.1, 0.15) is 0 Å². The Balaban J connectivity index is 1.21. The maximum absolute atomic E-state index is 13.0. The summed E-state index contributed by atoms with van der Waals surface area (Å²) in [6.45, 7) is 6.00. The zero-order valence-corrected chi connectivity index (χ0v) is 21.8. The van der Waals surface area contributed by atoms with Gasteiger partial charge in [-0.25, -0.2) is 9.48 Å². The van der Waals surface area contributed by atoms with Gasteiger partial charge in [-0.2, -0.15) is 10.2 Å². The van der Waals surface area contributed by atoms with Gasteiger partial charge in [-0.3, -0.25) is 9.48 Å². The fourth-order valence-electron chi connectivity index (χ4n) is 4.40. The summed E-state index contributed by atoms with van der Waals surface area (Å²) < 4.78 is 3.52. The van der Waals surface area contributed by atoms with Crippen molar-refractivity contribution in [3.63, 3.8) is 0 Å². The molecule has 3 amide bonds. The molecule has 38 heavy (non-hydrogen) atoms. The Hall–Kier alpha value is -4.15. The monoisotopic (exact) mass is 532 g/mol. The van der Waals surface area contributed by atoms with Gasteiger partial charge < -0.3 is 20.9 Å². The lowest BCUT2D eigenvalue weighted by atomic mass is 10.2. The summed E-state index contributed by atoms with van der Waals surface area (Å²) in [4.78, 5) is 27.8. The number of hydrogen-bond donors (Lipinski definition) is 3. The molecule has 2 aromatic carbocycles. The van der Waals surface area contributed by atoms with Gasteiger partial charge in [-0.1, -0.05) is 29.8 Å². The number of para-hydroxylation sites is 1. The molecule has 2 aromatic heterocycles. The third kappa shape index (κ3) is 6.04. The van der Waals surface area contributed by atoms with E-state index in [9.17, 15) is 9.59 Å². The Labute approximate surface area is 225 Å². The minimum absolute atomic E-state index is 0.237. The number of carbonyl (C=O) groups excluding carboxylic acids is 2. The first kappa shape index (κ1) is 25.5. The minimum Gasteiger partial charge on any atom is -0.319 e. The Kier molecular flexibility index (Phi) is 7.71. The maximum atomic E-state index is 13.0. The number of rotatable bonds is 8. The van der Waals surface area contributed by atoms with Crippen LogP contribution in [0.2, 0.25) is 5.02 Å². The first-order valence-corrected chi connectivity index (χ1v) is 12.9. The van der Waals surface area contributed by atoms with Gasteiger partial charge in [-0.05, 0) is 63.2 Å². The van der Waals surface area contributed by atoms with Crippen molar-refractivity contribution in [3.05, 3.63) is 83.4 Å². The van der Waals surface area contributed by atoms with E-state index in [1.54, 1.807) is 59.5 Å². The van der Waals surface area contributed by atoms with E-state index in [1.807, 2.05) is 17.7 Å². The van der Waals surface area contributed by atoms with Crippen LogP contribution in [0.5, 0.6) is 0 Å². The maximum Gasteiger partial charge on any atom is 0.323 e. The summed E-state index contributed by atoms with van der Waals surface area (Å²) in [5, 5.41) is 17.6. The number of anilines is 3. The van der Waals surface area contributed by atoms with Crippen LogP contribution in [0.3, 0.4) is 0 Å². The molecule has 0 bridgehead atoms. The smallest absolute Gasteiger partial charge is 0.319 e. The van der Waals surface area contributed by atoms with Crippen LogP contribution < -0.4 is 16.0 Å². The number of hydrogen-bond acceptors (Lipinski definition) is 5. The number of likely N-dealkylation sites (tertiary alicyclic amines) is 1. The zero-order valence-electron chi connectivity index (χ0n) is 21.0. The van der Waals surface area contributed by atoms with Crippen molar-refractivity contribution in [3.8, 4) is 5.69 Å². The lowest BCUT2D eigenvalue weighted by molar-refractivity contribution is 0.102. The molecule has 3 heterocycles. The minimum atomic E-state index is -0.442. The Morgan fingerprint density at radius 2 is 1.74 bits per heavy atom. The normalized spacial score (nSPS) is 13.4. The van der Waals surface area contributed by atoms with E-state index in [-0.39, 0.29) is 5.91 Å². The standard InChI is InChI=1S/C27H29ClN8O2/c1-19-25(17-30-35(19)14-13-34-11-4-5-12-34)32-26(37)20-7-6-8-22(15-20)36-18-21(16-29-36)31-27(38)33-24-10-3-2-9-23(24)28/h2-3,6-10,15-18H,4-5,11-14H2,1H3,(H,32,37)(H2,31,33,38). The molecule has 0 spiro atoms. The summed E-state index contributed by atoms with van der Waals surface area (Å²) in [5.41, 5.74) is 3.76. The van der Waals surface area contributed by atoms with Gasteiger partial charge in [0.25, 0.3) is 5.91 Å². The first-order chi connectivity index (χ1) is 18.5. The number of carbonyl (C=O) groups is 2. The molecule has 10 nitrogen and oxygen atoms in total. The van der Waals surface area contributed by atoms with Crippen LogP contribution >= 0.6 is 11.6 Å². The summed E-state index contributed by atoms with van der Waals surface area (Å²) >= 11 is 6.10. The van der Waals surface area contributed by atoms with Crippen molar-refractivity contribution >= 4 is 40.6 Å². The van der Waals surface area contributed by atoms with E-state index in [0.717, 1.165) is 31.9 Å². The van der Waals surface area contributed by atoms with Crippen molar-refractivity contribution in [2.45, 2.75) is 26.3 Å². The molecule has 1 saturated heterocycles. The van der Waals surface area contributed by atoms with Gasteiger partial charge in [0.05, 0.1) is 58.6 Å². The number of nitrogens with one attached hydrogen (secondary N) is 3. The van der Waals surface area contributed by atoms with E-state index >= 15 is 0 Å². The zero-order chi connectivity index (χ0) is 26.5. The number of aromatic nitrogens is 4. The third-order valence-corrected chi connectivity index (χ3v) is 6.84. The first-order valence-electron chi connectivity index (χ1n) is 12.5. The van der Waals surface area contributed by atoms with E-state index < -0.39 is 6.03 Å². The molecule has 5 rings (SSSR count). The molecule has 1 fully saturated rings. The topological polar surface area (TPSA) is 109 Å². The van der Waals surface area contributed by atoms with Crippen LogP contribution in [0.1, 0.15) is 28.9 Å². The highest BCUT2D eigenvalue weighted by atomic mass is 35.5. The predicted molar refractivity (Wildman–Crippen MR) is 148 cm³/mol. The van der Waals surface area contributed by atoms with Crippen molar-refractivity contribution in [2.75, 3.05) is 35.6 Å². The van der Waals surface area contributed by atoms with Gasteiger partial charge in [0, 0.05) is 12.1 Å². The fraction of sp³-hybridized carbons (Fsp3) is 0.259. The summed E-state index contributed by atoms with van der Waals surface area (Å²) in [6.07, 6.45) is 7.40. The average molecular weight is 533 g/mol. The van der Waals surface area contributed by atoms with Gasteiger partial charge in [0.2, 0.25) is 0 Å². The van der Waals surface area contributed by atoms with E-state index in [0.29, 0.717) is 33.3 Å². The quantitative estimate of drug-likeness (QED) is 0.295. The molecular weight excluding hydrogens is 504 g/mol. The highest BCUT2D eigenvalue weighted by Gasteiger charge is 2.15. The molecule has 0 aliphatic carbocycles. The van der Waals surface area contributed by atoms with Crippen LogP contribution in [0, 0.1) is 6.92 Å². The van der Waals surface area contributed by atoms with Crippen LogP contribution in [-0.2, 0) is 6.54 Å².